The van der Waals surface area contributed by atoms with Gasteiger partial charge in [-0.25, -0.2) is 4.89 Å². The summed E-state index contributed by atoms with van der Waals surface area (Å²) < 4.78 is 0. The molecule has 4 nitrogen and oxygen atoms in total. The zero-order valence-corrected chi connectivity index (χ0v) is 16.1. The number of nitrogens with two attached hydrogens (primary N) is 2. The second-order valence-corrected chi connectivity index (χ2v) is 6.95. The first kappa shape index (κ1) is 25.0. The summed E-state index contributed by atoms with van der Waals surface area (Å²) in [7, 11) is 0. The Bertz CT molecular complexity index is 403. The van der Waals surface area contributed by atoms with E-state index >= 15 is 0 Å². The predicted molar refractivity (Wildman–Crippen MR) is 108 cm³/mol. The molecule has 0 aromatic rings. The van der Waals surface area contributed by atoms with Crippen LogP contribution in [0.15, 0.2) is 48.6 Å². The van der Waals surface area contributed by atoms with E-state index in [1.54, 1.807) is 0 Å². The van der Waals surface area contributed by atoms with Crippen LogP contribution < -0.4 is 11.5 Å². The second kappa shape index (κ2) is 15.3. The van der Waals surface area contributed by atoms with E-state index < -0.39 is 0 Å². The van der Waals surface area contributed by atoms with Gasteiger partial charge in [-0.2, -0.15) is 0 Å². The fraction of sp³-hybridized carbons (Fsp3) is 0.600. The average Bonchev–Trinajstić information content (AvgIpc) is 2.45. The fourth-order valence-corrected chi connectivity index (χ4v) is 2.06. The minimum atomic E-state index is -0.0833. The molecule has 0 bridgehead atoms. The highest BCUT2D eigenvalue weighted by Gasteiger charge is 2.19. The number of allylic oxidation sites excluding steroid dienone is 6. The summed E-state index contributed by atoms with van der Waals surface area (Å²) in [5, 5.41) is 8.46. The molecule has 0 fully saturated rings. The van der Waals surface area contributed by atoms with Gasteiger partial charge in [0.25, 0.3) is 0 Å². The molecule has 0 unspecified atom stereocenters. The fourth-order valence-electron chi connectivity index (χ4n) is 2.06. The molecule has 1 atom stereocenters. The highest BCUT2D eigenvalue weighted by Crippen LogP contribution is 2.26. The maximum Gasteiger partial charge on any atom is 0.0873 e. The Labute approximate surface area is 150 Å². The van der Waals surface area contributed by atoms with E-state index in [4.69, 9.17) is 16.7 Å². The first-order valence-corrected chi connectivity index (χ1v) is 8.55. The van der Waals surface area contributed by atoms with Crippen LogP contribution >= 0.6 is 0 Å². The van der Waals surface area contributed by atoms with Crippen molar-refractivity contribution in [1.82, 2.24) is 0 Å². The van der Waals surface area contributed by atoms with E-state index in [1.165, 1.54) is 0 Å². The lowest BCUT2D eigenvalue weighted by atomic mass is 9.86. The lowest BCUT2D eigenvalue weighted by Gasteiger charge is -2.23. The van der Waals surface area contributed by atoms with E-state index in [2.05, 4.69) is 24.1 Å². The Morgan fingerprint density at radius 1 is 1.33 bits per heavy atom. The van der Waals surface area contributed by atoms with Crippen molar-refractivity contribution in [2.24, 2.45) is 16.9 Å². The van der Waals surface area contributed by atoms with E-state index in [1.807, 2.05) is 45.9 Å². The van der Waals surface area contributed by atoms with Gasteiger partial charge in [0.05, 0.1) is 6.61 Å². The first-order chi connectivity index (χ1) is 11.2. The summed E-state index contributed by atoms with van der Waals surface area (Å²) in [4.78, 5) is 4.20. The lowest BCUT2D eigenvalue weighted by molar-refractivity contribution is -0.259. The number of hydrogen-bond acceptors (Lipinski definition) is 4. The van der Waals surface area contributed by atoms with Crippen LogP contribution in [0, 0.1) is 5.41 Å². The third kappa shape index (κ3) is 18.8. The van der Waals surface area contributed by atoms with Crippen molar-refractivity contribution in [3.8, 4) is 0 Å². The molecule has 0 heterocycles. The van der Waals surface area contributed by atoms with Gasteiger partial charge in [0.15, 0.2) is 0 Å². The molecule has 0 radical (unpaired) electrons. The summed E-state index contributed by atoms with van der Waals surface area (Å²) in [6.45, 7) is 17.0. The van der Waals surface area contributed by atoms with Crippen LogP contribution in [0.2, 0.25) is 0 Å². The van der Waals surface area contributed by atoms with Gasteiger partial charge in [-0.15, -0.1) is 0 Å². The average molecular weight is 341 g/mol. The van der Waals surface area contributed by atoms with Crippen LogP contribution in [-0.4, -0.2) is 24.5 Å². The molecule has 0 spiro atoms. The first-order valence-electron chi connectivity index (χ1n) is 8.55. The second-order valence-electron chi connectivity index (χ2n) is 6.95. The largest absolute Gasteiger partial charge is 0.330 e. The summed E-state index contributed by atoms with van der Waals surface area (Å²) in [6.07, 6.45) is 11.7. The molecule has 4 heteroatoms. The van der Waals surface area contributed by atoms with E-state index in [-0.39, 0.29) is 6.84 Å². The Morgan fingerprint density at radius 2 is 1.96 bits per heavy atom. The van der Waals surface area contributed by atoms with Crippen molar-refractivity contribution in [1.29, 1.82) is 0 Å². The molecular formula is C20H40N2O2. The van der Waals surface area contributed by atoms with Gasteiger partial charge in [0, 0.05) is 7.47 Å². The maximum absolute atomic E-state index is 8.46. The van der Waals surface area contributed by atoms with Crippen molar-refractivity contribution >= 4 is 0 Å². The summed E-state index contributed by atoms with van der Waals surface area (Å²) >= 11 is 0. The summed E-state index contributed by atoms with van der Waals surface area (Å²) in [6, 6.07) is 0.323. The predicted octanol–water partition coefficient (Wildman–Crippen LogP) is 4.85. The van der Waals surface area contributed by atoms with Crippen molar-refractivity contribution < 1.29 is 11.6 Å². The Hall–Kier alpha value is -1.20. The van der Waals surface area contributed by atoms with Crippen molar-refractivity contribution in [3.05, 3.63) is 48.6 Å². The van der Waals surface area contributed by atoms with Gasteiger partial charge >= 0.3 is 0 Å². The Kier molecular flexibility index (Phi) is 16.0. The molecule has 0 aliphatic carbocycles. The van der Waals surface area contributed by atoms with Crippen LogP contribution in [-0.2, 0) is 4.89 Å². The molecule has 0 aliphatic rings. The zero-order valence-electron chi connectivity index (χ0n) is 16.1. The van der Waals surface area contributed by atoms with Gasteiger partial charge in [-0.3, -0.25) is 5.26 Å². The number of rotatable bonds is 11. The molecule has 0 saturated heterocycles. The van der Waals surface area contributed by atoms with Gasteiger partial charge < -0.3 is 11.5 Å². The van der Waals surface area contributed by atoms with Crippen molar-refractivity contribution in [2.45, 2.75) is 59.4 Å². The van der Waals surface area contributed by atoms with Crippen LogP contribution in [0.1, 0.15) is 54.8 Å². The SMILES string of the molecule is C=C(/C=C/C)/C=C/CC(=C)CC(C)(C)COO.C[C@@H](N)CCCN.[HH]. The van der Waals surface area contributed by atoms with Gasteiger partial charge in [-0.1, -0.05) is 56.9 Å². The summed E-state index contributed by atoms with van der Waals surface area (Å²) in [5.41, 5.74) is 12.7. The van der Waals surface area contributed by atoms with Crippen molar-refractivity contribution in [3.63, 3.8) is 0 Å². The third-order valence-corrected chi connectivity index (χ3v) is 3.17. The highest BCUT2D eigenvalue weighted by atomic mass is 17.1. The minimum absolute atomic E-state index is 0. The monoisotopic (exact) mass is 340 g/mol. The van der Waals surface area contributed by atoms with Crippen LogP contribution in [0.3, 0.4) is 0 Å². The molecule has 24 heavy (non-hydrogen) atoms. The minimum Gasteiger partial charge on any atom is -0.330 e. The van der Waals surface area contributed by atoms with E-state index in [9.17, 15) is 0 Å². The molecule has 5 N–H and O–H groups in total. The van der Waals surface area contributed by atoms with Gasteiger partial charge in [0.2, 0.25) is 0 Å². The van der Waals surface area contributed by atoms with Gasteiger partial charge in [0.1, 0.15) is 0 Å². The topological polar surface area (TPSA) is 81.5 Å². The smallest absolute Gasteiger partial charge is 0.0873 e. The highest BCUT2D eigenvalue weighted by molar-refractivity contribution is 5.27. The molecule has 0 aromatic heterocycles. The van der Waals surface area contributed by atoms with E-state index in [0.717, 1.165) is 43.4 Å². The molecule has 0 aliphatic heterocycles. The van der Waals surface area contributed by atoms with Crippen molar-refractivity contribution in [2.75, 3.05) is 13.2 Å². The standard InChI is InChI=1S/C15H24O2.C5H14N2.H2/c1-6-8-13(2)9-7-10-14(3)11-15(4,5)12-17-16;1-5(7)3-2-4-6;/h6-9,16H,2-3,10-12H2,1,4-5H3;5H,2-4,6-7H2,1H3;1H/b8-6+,9-7+;;/t;5-;/m.1./s1. The Morgan fingerprint density at radius 3 is 2.38 bits per heavy atom. The molecule has 0 aromatic carbocycles. The zero-order chi connectivity index (χ0) is 19.0. The van der Waals surface area contributed by atoms with E-state index in [0.29, 0.717) is 12.6 Å². The van der Waals surface area contributed by atoms with Gasteiger partial charge in [-0.05, 0) is 57.1 Å². The molecule has 0 rings (SSSR count). The Balaban J connectivity index is -0.000000513. The van der Waals surface area contributed by atoms with Crippen LogP contribution in [0.4, 0.5) is 0 Å². The van der Waals surface area contributed by atoms with Crippen LogP contribution in [0.25, 0.3) is 0 Å². The molecule has 142 valence electrons. The summed E-state index contributed by atoms with van der Waals surface area (Å²) in [5.74, 6) is 0. The molecule has 0 saturated carbocycles. The molecule has 0 amide bonds. The maximum atomic E-state index is 8.46. The molecular weight excluding hydrogens is 300 g/mol. The lowest BCUT2D eigenvalue weighted by Crippen LogP contribution is -2.18. The quantitative estimate of drug-likeness (QED) is 0.217. The number of hydrogen-bond donors (Lipinski definition) is 3. The van der Waals surface area contributed by atoms with Crippen LogP contribution in [0.5, 0.6) is 0 Å². The third-order valence-electron chi connectivity index (χ3n) is 3.17. The normalized spacial score (nSPS) is 13.0.